The fourth-order valence-corrected chi connectivity index (χ4v) is 3.05. The van der Waals surface area contributed by atoms with Crippen molar-refractivity contribution in [2.45, 2.75) is 64.9 Å². The van der Waals surface area contributed by atoms with E-state index in [1.54, 1.807) is 25.7 Å². The maximum Gasteiger partial charge on any atom is 0.410 e. The molecule has 0 N–H and O–H groups in total. The van der Waals surface area contributed by atoms with Crippen LogP contribution in [-0.2, 0) is 33.3 Å². The average molecular weight is 446 g/mol. The van der Waals surface area contributed by atoms with Crippen molar-refractivity contribution in [1.29, 1.82) is 0 Å². The highest BCUT2D eigenvalue weighted by molar-refractivity contribution is 7.86. The fraction of sp³-hybridized carbons (Fsp3) is 0.941. The first kappa shape index (κ1) is 27.1. The molecule has 9 nitrogen and oxygen atoms in total. The molecule has 0 atom stereocenters. The Balaban J connectivity index is 4.30. The van der Waals surface area contributed by atoms with E-state index in [-0.39, 0.29) is 13.2 Å². The van der Waals surface area contributed by atoms with Crippen molar-refractivity contribution < 1.29 is 34.7 Å². The second-order valence-electron chi connectivity index (χ2n) is 7.64. The topological polar surface area (TPSA) is 116 Å². The normalized spacial score (nSPS) is 12.8. The zero-order valence-corrected chi connectivity index (χ0v) is 19.2. The molecule has 168 valence electrons. The van der Waals surface area contributed by atoms with Crippen LogP contribution in [0.25, 0.3) is 0 Å². The van der Waals surface area contributed by atoms with Crippen LogP contribution in [-0.4, -0.2) is 72.2 Å². The molecule has 0 spiro atoms. The Morgan fingerprint density at radius 2 is 1.14 bits per heavy atom. The van der Waals surface area contributed by atoms with Crippen LogP contribution in [0.1, 0.15) is 59.3 Å². The molecule has 0 fully saturated rings. The molecule has 0 aromatic rings. The van der Waals surface area contributed by atoms with Crippen LogP contribution in [0.3, 0.4) is 0 Å². The molecule has 0 saturated carbocycles. The van der Waals surface area contributed by atoms with E-state index in [9.17, 15) is 21.6 Å². The Kier molecular flexibility index (Phi) is 12.2. The predicted octanol–water partition coefficient (Wildman–Crippen LogP) is 2.52. The summed E-state index contributed by atoms with van der Waals surface area (Å²) < 4.78 is 58.4. The number of nitrogens with zero attached hydrogens (tertiary/aromatic N) is 1. The number of hydrogen-bond acceptors (Lipinski definition) is 8. The quantitative estimate of drug-likeness (QED) is 0.296. The molecule has 0 unspecified atom stereocenters. The number of unbranched alkanes of at least 4 members (excludes halogenated alkanes) is 4. The Hall–Kier alpha value is -0.910. The van der Waals surface area contributed by atoms with E-state index in [1.807, 2.05) is 0 Å². The first-order chi connectivity index (χ1) is 12.7. The van der Waals surface area contributed by atoms with Crippen LogP contribution in [0.2, 0.25) is 0 Å². The van der Waals surface area contributed by atoms with Crippen molar-refractivity contribution in [2.75, 3.05) is 38.8 Å². The molecule has 0 radical (unpaired) electrons. The zero-order chi connectivity index (χ0) is 21.8. The van der Waals surface area contributed by atoms with Gasteiger partial charge in [-0.05, 0) is 59.3 Å². The smallest absolute Gasteiger partial charge is 0.410 e. The second kappa shape index (κ2) is 12.6. The van der Waals surface area contributed by atoms with Crippen molar-refractivity contribution >= 4 is 26.3 Å². The Bertz CT molecular complexity index is 609. The van der Waals surface area contributed by atoms with Gasteiger partial charge in [0.1, 0.15) is 5.60 Å². The molecule has 0 aliphatic rings. The molecular weight excluding hydrogens is 410 g/mol. The summed E-state index contributed by atoms with van der Waals surface area (Å²) in [4.78, 5) is 14.0. The van der Waals surface area contributed by atoms with Crippen molar-refractivity contribution in [3.63, 3.8) is 0 Å². The molecule has 0 aromatic heterocycles. The van der Waals surface area contributed by atoms with Gasteiger partial charge in [-0.2, -0.15) is 16.8 Å². The maximum absolute atomic E-state index is 12.4. The molecule has 0 bridgehead atoms. The number of amides is 1. The van der Waals surface area contributed by atoms with Crippen molar-refractivity contribution in [1.82, 2.24) is 4.90 Å². The van der Waals surface area contributed by atoms with Crippen LogP contribution in [0.15, 0.2) is 0 Å². The van der Waals surface area contributed by atoms with E-state index in [1.165, 1.54) is 0 Å². The third kappa shape index (κ3) is 18.5. The van der Waals surface area contributed by atoms with E-state index >= 15 is 0 Å². The summed E-state index contributed by atoms with van der Waals surface area (Å²) in [5, 5.41) is 0. The summed E-state index contributed by atoms with van der Waals surface area (Å²) in [6, 6.07) is 0. The maximum atomic E-state index is 12.4. The van der Waals surface area contributed by atoms with Crippen LogP contribution < -0.4 is 0 Å². The molecule has 0 aliphatic carbocycles. The van der Waals surface area contributed by atoms with Crippen molar-refractivity contribution in [3.05, 3.63) is 0 Å². The van der Waals surface area contributed by atoms with Gasteiger partial charge in [-0.25, -0.2) is 4.79 Å². The number of rotatable bonds is 14. The van der Waals surface area contributed by atoms with Crippen LogP contribution in [0, 0.1) is 0 Å². The lowest BCUT2D eigenvalue weighted by Crippen LogP contribution is -2.38. The molecule has 0 aliphatic heterocycles. The minimum absolute atomic E-state index is 0.131. The highest BCUT2D eigenvalue weighted by atomic mass is 32.2. The summed E-state index contributed by atoms with van der Waals surface area (Å²) in [5.74, 6) is 0. The number of carbonyl (C=O) groups is 1. The monoisotopic (exact) mass is 445 g/mol. The lowest BCUT2D eigenvalue weighted by atomic mass is 10.2. The third-order valence-corrected chi connectivity index (χ3v) is 4.58. The predicted molar refractivity (Wildman–Crippen MR) is 107 cm³/mol. The summed E-state index contributed by atoms with van der Waals surface area (Å²) in [6.45, 7) is 6.65. The van der Waals surface area contributed by atoms with Gasteiger partial charge >= 0.3 is 6.09 Å². The number of carbonyl (C=O) groups excluding carboxylic acids is 1. The van der Waals surface area contributed by atoms with Crippen LogP contribution >= 0.6 is 0 Å². The second-order valence-corrected chi connectivity index (χ2v) is 10.9. The highest BCUT2D eigenvalue weighted by Gasteiger charge is 2.21. The van der Waals surface area contributed by atoms with Gasteiger partial charge in [0.05, 0.1) is 25.7 Å². The van der Waals surface area contributed by atoms with E-state index in [0.717, 1.165) is 25.4 Å². The molecule has 0 saturated heterocycles. The average Bonchev–Trinajstić information content (AvgIpc) is 2.47. The van der Waals surface area contributed by atoms with Crippen molar-refractivity contribution in [3.8, 4) is 0 Å². The number of hydrogen-bond donors (Lipinski definition) is 0. The lowest BCUT2D eigenvalue weighted by Gasteiger charge is -2.27. The van der Waals surface area contributed by atoms with Gasteiger partial charge in [-0.1, -0.05) is 0 Å². The first-order valence-corrected chi connectivity index (χ1v) is 13.0. The van der Waals surface area contributed by atoms with Crippen LogP contribution in [0.4, 0.5) is 4.79 Å². The van der Waals surface area contributed by atoms with Gasteiger partial charge in [0, 0.05) is 13.1 Å². The van der Waals surface area contributed by atoms with Gasteiger partial charge in [0.15, 0.2) is 0 Å². The molecule has 28 heavy (non-hydrogen) atoms. The summed E-state index contributed by atoms with van der Waals surface area (Å²) >= 11 is 0. The largest absolute Gasteiger partial charge is 0.444 e. The Labute approximate surface area is 170 Å². The molecule has 0 aromatic carbocycles. The van der Waals surface area contributed by atoms with E-state index in [0.29, 0.717) is 38.8 Å². The van der Waals surface area contributed by atoms with Gasteiger partial charge in [-0.3, -0.25) is 8.37 Å². The third-order valence-electron chi connectivity index (χ3n) is 3.39. The summed E-state index contributed by atoms with van der Waals surface area (Å²) in [6.07, 6.45) is 5.63. The van der Waals surface area contributed by atoms with Gasteiger partial charge < -0.3 is 9.64 Å². The molecule has 0 rings (SSSR count). The first-order valence-electron chi connectivity index (χ1n) is 9.36. The van der Waals surface area contributed by atoms with Gasteiger partial charge in [0.2, 0.25) is 0 Å². The van der Waals surface area contributed by atoms with Crippen LogP contribution in [0.5, 0.6) is 0 Å². The SMILES string of the molecule is CC(C)(C)OC(=O)N(CCCCCOS(C)(=O)=O)CCCCCOS(C)(=O)=O. The molecule has 0 heterocycles. The fourth-order valence-electron chi connectivity index (χ4n) is 2.20. The summed E-state index contributed by atoms with van der Waals surface area (Å²) in [5.41, 5.74) is -0.595. The standard InChI is InChI=1S/C17H35NO8S2/c1-17(2,3)26-16(19)18(12-8-6-10-14-24-27(4,20)21)13-9-7-11-15-25-28(5,22)23/h6-15H2,1-5H3. The number of ether oxygens (including phenoxy) is 1. The van der Waals surface area contributed by atoms with E-state index in [4.69, 9.17) is 4.74 Å². The lowest BCUT2D eigenvalue weighted by molar-refractivity contribution is 0.0243. The van der Waals surface area contributed by atoms with Gasteiger partial charge in [0.25, 0.3) is 20.2 Å². The highest BCUT2D eigenvalue weighted by Crippen LogP contribution is 2.12. The molecule has 1 amide bonds. The van der Waals surface area contributed by atoms with Gasteiger partial charge in [-0.15, -0.1) is 0 Å². The minimum Gasteiger partial charge on any atom is -0.444 e. The summed E-state index contributed by atoms with van der Waals surface area (Å²) in [7, 11) is -6.85. The molecular formula is C17H35NO8S2. The van der Waals surface area contributed by atoms with Crippen molar-refractivity contribution in [2.24, 2.45) is 0 Å². The molecule has 11 heteroatoms. The van der Waals surface area contributed by atoms with E-state index < -0.39 is 31.9 Å². The zero-order valence-electron chi connectivity index (χ0n) is 17.6. The minimum atomic E-state index is -3.42. The van der Waals surface area contributed by atoms with E-state index in [2.05, 4.69) is 8.37 Å². The Morgan fingerprint density at radius 1 is 0.750 bits per heavy atom. The Morgan fingerprint density at radius 3 is 1.46 bits per heavy atom.